The molecule has 0 atom stereocenters. The van der Waals surface area contributed by atoms with Crippen LogP contribution in [0, 0.1) is 0 Å². The molecular weight excluding hydrogens is 272 g/mol. The van der Waals surface area contributed by atoms with Gasteiger partial charge in [0.05, 0.1) is 6.42 Å². The number of aromatic hydroxyl groups is 1. The van der Waals surface area contributed by atoms with Gasteiger partial charge in [-0.3, -0.25) is 4.79 Å². The maximum absolute atomic E-state index is 11.9. The Hall–Kier alpha value is -2.40. The van der Waals surface area contributed by atoms with Gasteiger partial charge in [0.2, 0.25) is 5.91 Å². The lowest BCUT2D eigenvalue weighted by molar-refractivity contribution is -0.115. The van der Waals surface area contributed by atoms with Gasteiger partial charge in [-0.05, 0) is 30.3 Å². The zero-order valence-corrected chi connectivity index (χ0v) is 11.5. The van der Waals surface area contributed by atoms with Crippen molar-refractivity contribution in [2.45, 2.75) is 6.42 Å². The molecule has 102 valence electrons. The number of phenolic OH excluding ortho intramolecular Hbond substituents is 1. The molecule has 0 heterocycles. The topological polar surface area (TPSA) is 75.3 Å². The van der Waals surface area contributed by atoms with Crippen molar-refractivity contribution in [3.63, 3.8) is 0 Å². The van der Waals surface area contributed by atoms with E-state index in [4.69, 9.17) is 18.0 Å². The predicted octanol–water partition coefficient (Wildman–Crippen LogP) is 2.21. The summed E-state index contributed by atoms with van der Waals surface area (Å²) in [7, 11) is 0. The van der Waals surface area contributed by atoms with Gasteiger partial charge in [-0.2, -0.15) is 0 Å². The third kappa shape index (κ3) is 3.55. The van der Waals surface area contributed by atoms with Gasteiger partial charge >= 0.3 is 0 Å². The fraction of sp³-hybridized carbons (Fsp3) is 0.0667. The Morgan fingerprint density at radius 3 is 2.40 bits per heavy atom. The molecule has 0 bridgehead atoms. The molecule has 0 aliphatic rings. The number of rotatable bonds is 4. The number of nitrogens with two attached hydrogens (primary N) is 1. The summed E-state index contributed by atoms with van der Waals surface area (Å²) < 4.78 is 0. The first kappa shape index (κ1) is 14.0. The Kier molecular flexibility index (Phi) is 4.32. The summed E-state index contributed by atoms with van der Waals surface area (Å²) in [4.78, 5) is 12.2. The summed E-state index contributed by atoms with van der Waals surface area (Å²) in [6, 6.07) is 13.7. The number of nitrogens with one attached hydrogen (secondary N) is 1. The van der Waals surface area contributed by atoms with Crippen LogP contribution in [0.1, 0.15) is 11.1 Å². The zero-order chi connectivity index (χ0) is 14.5. The van der Waals surface area contributed by atoms with E-state index in [0.717, 1.165) is 5.56 Å². The van der Waals surface area contributed by atoms with Crippen LogP contribution in [-0.2, 0) is 11.2 Å². The molecule has 0 aliphatic heterocycles. The molecule has 0 saturated carbocycles. The predicted molar refractivity (Wildman–Crippen MR) is 82.8 cm³/mol. The molecule has 0 radical (unpaired) electrons. The second-order valence-corrected chi connectivity index (χ2v) is 4.74. The monoisotopic (exact) mass is 286 g/mol. The van der Waals surface area contributed by atoms with Crippen LogP contribution in [0.2, 0.25) is 0 Å². The lowest BCUT2D eigenvalue weighted by Crippen LogP contribution is -2.15. The average Bonchev–Trinajstić information content (AvgIpc) is 2.42. The van der Waals surface area contributed by atoms with E-state index in [2.05, 4.69) is 5.32 Å². The number of para-hydroxylation sites is 1. The summed E-state index contributed by atoms with van der Waals surface area (Å²) in [5.41, 5.74) is 7.49. The Morgan fingerprint density at radius 2 is 1.80 bits per heavy atom. The molecule has 0 spiro atoms. The molecule has 0 fully saturated rings. The van der Waals surface area contributed by atoms with Gasteiger partial charge in [0.1, 0.15) is 10.7 Å². The van der Waals surface area contributed by atoms with Crippen molar-refractivity contribution in [3.05, 3.63) is 59.7 Å². The summed E-state index contributed by atoms with van der Waals surface area (Å²) in [5, 5.41) is 12.4. The highest BCUT2D eigenvalue weighted by atomic mass is 32.1. The Morgan fingerprint density at radius 1 is 1.15 bits per heavy atom. The summed E-state index contributed by atoms with van der Waals surface area (Å²) in [5.74, 6) is -0.0824. The number of carbonyl (C=O) groups excluding carboxylic acids is 1. The molecule has 0 aromatic heterocycles. The Labute approximate surface area is 122 Å². The third-order valence-electron chi connectivity index (χ3n) is 2.80. The van der Waals surface area contributed by atoms with Gasteiger partial charge in [0.15, 0.2) is 0 Å². The van der Waals surface area contributed by atoms with E-state index in [1.165, 1.54) is 0 Å². The van der Waals surface area contributed by atoms with Crippen molar-refractivity contribution in [1.82, 2.24) is 0 Å². The molecule has 1 amide bonds. The maximum Gasteiger partial charge on any atom is 0.228 e. The molecule has 0 unspecified atom stereocenters. The second kappa shape index (κ2) is 6.16. The lowest BCUT2D eigenvalue weighted by atomic mass is 10.1. The van der Waals surface area contributed by atoms with E-state index in [9.17, 15) is 9.90 Å². The Bertz CT molecular complexity index is 639. The standard InChI is InChI=1S/C15H14N2O2S/c16-15(20)10-5-7-12(8-6-10)17-14(19)9-11-3-1-2-4-13(11)18/h1-8,18H,9H2,(H2,16,20)(H,17,19). The number of hydrogen-bond acceptors (Lipinski definition) is 3. The maximum atomic E-state index is 11.9. The molecule has 2 aromatic rings. The molecule has 4 nitrogen and oxygen atoms in total. The molecule has 5 heteroatoms. The van der Waals surface area contributed by atoms with Crippen molar-refractivity contribution in [2.75, 3.05) is 5.32 Å². The molecule has 0 saturated heterocycles. The van der Waals surface area contributed by atoms with Gasteiger partial charge in [-0.25, -0.2) is 0 Å². The third-order valence-corrected chi connectivity index (χ3v) is 3.03. The van der Waals surface area contributed by atoms with Crippen LogP contribution in [0.25, 0.3) is 0 Å². The first-order valence-corrected chi connectivity index (χ1v) is 6.43. The van der Waals surface area contributed by atoms with Crippen LogP contribution in [0.5, 0.6) is 5.75 Å². The fourth-order valence-electron chi connectivity index (χ4n) is 1.76. The number of benzene rings is 2. The summed E-state index contributed by atoms with van der Waals surface area (Å²) >= 11 is 4.86. The molecule has 2 aromatic carbocycles. The normalized spacial score (nSPS) is 10.0. The highest BCUT2D eigenvalue weighted by Crippen LogP contribution is 2.17. The minimum absolute atomic E-state index is 0.115. The summed E-state index contributed by atoms with van der Waals surface area (Å²) in [6.07, 6.45) is 0.115. The first-order valence-electron chi connectivity index (χ1n) is 6.03. The lowest BCUT2D eigenvalue weighted by Gasteiger charge is -2.07. The van der Waals surface area contributed by atoms with E-state index in [1.54, 1.807) is 48.5 Å². The van der Waals surface area contributed by atoms with E-state index < -0.39 is 0 Å². The minimum Gasteiger partial charge on any atom is -0.508 e. The van der Waals surface area contributed by atoms with Crippen molar-refractivity contribution in [1.29, 1.82) is 0 Å². The second-order valence-electron chi connectivity index (χ2n) is 4.30. The number of hydrogen-bond donors (Lipinski definition) is 3. The zero-order valence-electron chi connectivity index (χ0n) is 10.7. The van der Waals surface area contributed by atoms with Gasteiger partial charge < -0.3 is 16.2 Å². The van der Waals surface area contributed by atoms with Crippen LogP contribution in [0.4, 0.5) is 5.69 Å². The highest BCUT2D eigenvalue weighted by molar-refractivity contribution is 7.80. The molecule has 2 rings (SSSR count). The quantitative estimate of drug-likeness (QED) is 0.753. The Balaban J connectivity index is 2.01. The van der Waals surface area contributed by atoms with Crippen molar-refractivity contribution >= 4 is 28.8 Å². The van der Waals surface area contributed by atoms with E-state index >= 15 is 0 Å². The van der Waals surface area contributed by atoms with E-state index in [-0.39, 0.29) is 18.1 Å². The number of carbonyl (C=O) groups is 1. The van der Waals surface area contributed by atoms with Gasteiger partial charge in [0, 0.05) is 16.8 Å². The first-order chi connectivity index (χ1) is 9.56. The number of thiocarbonyl (C=S) groups is 1. The molecule has 4 N–H and O–H groups in total. The van der Waals surface area contributed by atoms with Crippen molar-refractivity contribution in [2.24, 2.45) is 5.73 Å². The highest BCUT2D eigenvalue weighted by Gasteiger charge is 2.07. The number of anilines is 1. The fourth-order valence-corrected chi connectivity index (χ4v) is 1.89. The number of amides is 1. The van der Waals surface area contributed by atoms with Crippen molar-refractivity contribution < 1.29 is 9.90 Å². The molecule has 0 aliphatic carbocycles. The van der Waals surface area contributed by atoms with Gasteiger partial charge in [-0.15, -0.1) is 0 Å². The molecular formula is C15H14N2O2S. The SMILES string of the molecule is NC(=S)c1ccc(NC(=O)Cc2ccccc2O)cc1. The van der Waals surface area contributed by atoms with Gasteiger partial charge in [0.25, 0.3) is 0 Å². The van der Waals surface area contributed by atoms with Crippen LogP contribution < -0.4 is 11.1 Å². The van der Waals surface area contributed by atoms with Gasteiger partial charge in [-0.1, -0.05) is 30.4 Å². The van der Waals surface area contributed by atoms with Crippen LogP contribution in [0.15, 0.2) is 48.5 Å². The number of phenols is 1. The summed E-state index contributed by atoms with van der Waals surface area (Å²) in [6.45, 7) is 0. The average molecular weight is 286 g/mol. The van der Waals surface area contributed by atoms with Crippen LogP contribution >= 0.6 is 12.2 Å². The van der Waals surface area contributed by atoms with Crippen LogP contribution in [-0.4, -0.2) is 16.0 Å². The van der Waals surface area contributed by atoms with Crippen LogP contribution in [0.3, 0.4) is 0 Å². The largest absolute Gasteiger partial charge is 0.508 e. The molecule has 20 heavy (non-hydrogen) atoms. The van der Waals surface area contributed by atoms with E-state index in [0.29, 0.717) is 16.2 Å². The van der Waals surface area contributed by atoms with E-state index in [1.807, 2.05) is 0 Å². The smallest absolute Gasteiger partial charge is 0.228 e. The van der Waals surface area contributed by atoms with Crippen molar-refractivity contribution in [3.8, 4) is 5.75 Å². The minimum atomic E-state index is -0.199.